The first-order valence-electron chi connectivity index (χ1n) is 9.65. The summed E-state index contributed by atoms with van der Waals surface area (Å²) in [6, 6.07) is 8.29. The average molecular weight is 484 g/mol. The molecule has 1 N–H and O–H groups in total. The zero-order valence-electron chi connectivity index (χ0n) is 17.4. The minimum Gasteiger partial charge on any atom is -0.495 e. The van der Waals surface area contributed by atoms with Crippen molar-refractivity contribution in [1.29, 1.82) is 0 Å². The predicted octanol–water partition coefficient (Wildman–Crippen LogP) is 3.30. The maximum atomic E-state index is 12.9. The summed E-state index contributed by atoms with van der Waals surface area (Å²) in [5.41, 5.74) is -0.0927. The van der Waals surface area contributed by atoms with Gasteiger partial charge < -0.3 is 14.8 Å². The number of nitro benzene ring substituents is 1. The number of hydrogen-bond donors (Lipinski definition) is 1. The van der Waals surface area contributed by atoms with E-state index in [9.17, 15) is 23.3 Å². The fourth-order valence-corrected chi connectivity index (χ4v) is 5.37. The van der Waals surface area contributed by atoms with Gasteiger partial charge in [-0.3, -0.25) is 14.9 Å². The third-order valence-corrected chi connectivity index (χ3v) is 7.48. The molecule has 2 aromatic carbocycles. The van der Waals surface area contributed by atoms with Crippen molar-refractivity contribution >= 4 is 38.9 Å². The summed E-state index contributed by atoms with van der Waals surface area (Å²) in [4.78, 5) is 22.9. The molecule has 1 aliphatic heterocycles. The monoisotopic (exact) mass is 483 g/mol. The molecule has 1 saturated heterocycles. The molecule has 1 amide bonds. The van der Waals surface area contributed by atoms with Gasteiger partial charge in [0.15, 0.2) is 4.90 Å². The highest BCUT2D eigenvalue weighted by Crippen LogP contribution is 2.36. The average Bonchev–Trinajstić information content (AvgIpc) is 2.79. The number of carbonyl (C=O) groups is 1. The van der Waals surface area contributed by atoms with Crippen LogP contribution in [0.4, 0.5) is 11.4 Å². The fraction of sp³-hybridized carbons (Fsp3) is 0.350. The number of nitro groups is 1. The molecule has 3 rings (SSSR count). The number of carbonyl (C=O) groups excluding carboxylic acids is 1. The van der Waals surface area contributed by atoms with Gasteiger partial charge in [-0.1, -0.05) is 23.7 Å². The smallest absolute Gasteiger partial charge is 0.289 e. The number of nitrogens with one attached hydrogen (secondary N) is 1. The minimum absolute atomic E-state index is 0.0630. The van der Waals surface area contributed by atoms with Crippen LogP contribution < -0.4 is 14.8 Å². The second kappa shape index (κ2) is 9.72. The number of methoxy groups -OCH3 is 2. The molecule has 0 saturated carbocycles. The first-order valence-corrected chi connectivity index (χ1v) is 11.5. The Hall–Kier alpha value is -2.89. The van der Waals surface area contributed by atoms with Gasteiger partial charge in [0.05, 0.1) is 29.9 Å². The standard InChI is InChI=1S/C20H22ClN3O7S/c1-30-17-12-15(18(31-2)11-14(17)21)22-20(25)13-7-9-23(10-8-13)32(28,29)19-6-4-3-5-16(19)24(26)27/h3-6,11-13H,7-10H2,1-2H3,(H,22,25). The zero-order chi connectivity index (χ0) is 23.5. The summed E-state index contributed by atoms with van der Waals surface area (Å²) in [6.07, 6.45) is 0.525. The minimum atomic E-state index is -4.06. The molecule has 0 aliphatic carbocycles. The number of nitrogens with zero attached hydrogens (tertiary/aromatic N) is 2. The Labute approximate surface area is 190 Å². The lowest BCUT2D eigenvalue weighted by Gasteiger charge is -2.30. The molecular formula is C20H22ClN3O7S. The number of sulfonamides is 1. The van der Waals surface area contributed by atoms with E-state index in [4.69, 9.17) is 21.1 Å². The van der Waals surface area contributed by atoms with Crippen LogP contribution in [0.3, 0.4) is 0 Å². The maximum Gasteiger partial charge on any atom is 0.289 e. The van der Waals surface area contributed by atoms with Crippen molar-refractivity contribution in [2.45, 2.75) is 17.7 Å². The molecule has 0 aromatic heterocycles. The SMILES string of the molecule is COc1cc(NC(=O)C2CCN(S(=O)(=O)c3ccccc3[N+](=O)[O-])CC2)c(OC)cc1Cl. The first-order chi connectivity index (χ1) is 15.2. The van der Waals surface area contributed by atoms with E-state index in [0.29, 0.717) is 22.2 Å². The predicted molar refractivity (Wildman–Crippen MR) is 118 cm³/mol. The van der Waals surface area contributed by atoms with Crippen LogP contribution in [0, 0.1) is 16.0 Å². The summed E-state index contributed by atoms with van der Waals surface area (Å²) in [5.74, 6) is -0.0114. The lowest BCUT2D eigenvalue weighted by Crippen LogP contribution is -2.41. The Bertz CT molecular complexity index is 1130. The second-order valence-electron chi connectivity index (χ2n) is 7.08. The molecule has 0 radical (unpaired) electrons. The van der Waals surface area contributed by atoms with Crippen LogP contribution in [0.25, 0.3) is 0 Å². The van der Waals surface area contributed by atoms with Crippen LogP contribution >= 0.6 is 11.6 Å². The Morgan fingerprint density at radius 1 is 1.16 bits per heavy atom. The third-order valence-electron chi connectivity index (χ3n) is 5.24. The Morgan fingerprint density at radius 3 is 2.38 bits per heavy atom. The molecule has 0 unspecified atom stereocenters. The van der Waals surface area contributed by atoms with Crippen LogP contribution in [-0.2, 0) is 14.8 Å². The van der Waals surface area contributed by atoms with E-state index in [2.05, 4.69) is 5.32 Å². The largest absolute Gasteiger partial charge is 0.495 e. The molecule has 172 valence electrons. The van der Waals surface area contributed by atoms with Crippen LogP contribution in [-0.4, -0.2) is 50.9 Å². The van der Waals surface area contributed by atoms with E-state index >= 15 is 0 Å². The zero-order valence-corrected chi connectivity index (χ0v) is 19.0. The van der Waals surface area contributed by atoms with Gasteiger partial charge >= 0.3 is 0 Å². The highest BCUT2D eigenvalue weighted by Gasteiger charge is 2.35. The van der Waals surface area contributed by atoms with E-state index in [-0.39, 0.29) is 36.7 Å². The van der Waals surface area contributed by atoms with Crippen LogP contribution in [0.2, 0.25) is 5.02 Å². The number of amides is 1. The molecule has 1 fully saturated rings. The highest BCUT2D eigenvalue weighted by molar-refractivity contribution is 7.89. The molecule has 0 bridgehead atoms. The molecule has 0 atom stereocenters. The van der Waals surface area contributed by atoms with Gasteiger partial charge in [0, 0.05) is 37.2 Å². The summed E-state index contributed by atoms with van der Waals surface area (Å²) < 4.78 is 37.5. The van der Waals surface area contributed by atoms with Gasteiger partial charge in [-0.15, -0.1) is 0 Å². The number of piperidine rings is 1. The molecular weight excluding hydrogens is 462 g/mol. The van der Waals surface area contributed by atoms with Gasteiger partial charge in [-0.2, -0.15) is 4.31 Å². The Morgan fingerprint density at radius 2 is 1.78 bits per heavy atom. The van der Waals surface area contributed by atoms with Gasteiger partial charge in [-0.05, 0) is 18.9 Å². The van der Waals surface area contributed by atoms with Crippen molar-refractivity contribution in [1.82, 2.24) is 4.31 Å². The molecule has 1 heterocycles. The molecule has 12 heteroatoms. The lowest BCUT2D eigenvalue weighted by molar-refractivity contribution is -0.387. The quantitative estimate of drug-likeness (QED) is 0.472. The van der Waals surface area contributed by atoms with Crippen LogP contribution in [0.1, 0.15) is 12.8 Å². The maximum absolute atomic E-state index is 12.9. The molecule has 0 spiro atoms. The van der Waals surface area contributed by atoms with Gasteiger partial charge in [0.2, 0.25) is 15.9 Å². The van der Waals surface area contributed by atoms with Crippen molar-refractivity contribution in [3.8, 4) is 11.5 Å². The normalized spacial score (nSPS) is 15.2. The summed E-state index contributed by atoms with van der Waals surface area (Å²) in [7, 11) is -1.17. The van der Waals surface area contributed by atoms with Gasteiger partial charge in [0.25, 0.3) is 5.69 Å². The van der Waals surface area contributed by atoms with E-state index in [0.717, 1.165) is 6.07 Å². The molecule has 1 aliphatic rings. The number of benzene rings is 2. The summed E-state index contributed by atoms with van der Waals surface area (Å²) in [6.45, 7) is 0.126. The number of rotatable bonds is 7. The Balaban J connectivity index is 1.71. The fourth-order valence-electron chi connectivity index (χ4n) is 3.52. The van der Waals surface area contributed by atoms with E-state index in [1.807, 2.05) is 0 Å². The number of halogens is 1. The van der Waals surface area contributed by atoms with Crippen molar-refractivity contribution in [2.24, 2.45) is 5.92 Å². The Kier molecular flexibility index (Phi) is 7.22. The van der Waals surface area contributed by atoms with Gasteiger partial charge in [-0.25, -0.2) is 8.42 Å². The van der Waals surface area contributed by atoms with Crippen molar-refractivity contribution in [2.75, 3.05) is 32.6 Å². The van der Waals surface area contributed by atoms with E-state index in [1.165, 1.54) is 42.8 Å². The van der Waals surface area contributed by atoms with Crippen molar-refractivity contribution in [3.05, 3.63) is 51.5 Å². The number of hydrogen-bond acceptors (Lipinski definition) is 7. The summed E-state index contributed by atoms with van der Waals surface area (Å²) >= 11 is 6.08. The number of para-hydroxylation sites is 1. The topological polar surface area (TPSA) is 128 Å². The van der Waals surface area contributed by atoms with Gasteiger partial charge in [0.1, 0.15) is 11.5 Å². The van der Waals surface area contributed by atoms with Crippen molar-refractivity contribution < 1.29 is 27.6 Å². The van der Waals surface area contributed by atoms with E-state index in [1.54, 1.807) is 6.07 Å². The van der Waals surface area contributed by atoms with E-state index < -0.39 is 26.6 Å². The lowest BCUT2D eigenvalue weighted by atomic mass is 9.97. The van der Waals surface area contributed by atoms with Crippen LogP contribution in [0.15, 0.2) is 41.3 Å². The van der Waals surface area contributed by atoms with Crippen LogP contribution in [0.5, 0.6) is 11.5 Å². The molecule has 32 heavy (non-hydrogen) atoms. The summed E-state index contributed by atoms with van der Waals surface area (Å²) in [5, 5.41) is 14.3. The molecule has 2 aromatic rings. The molecule has 10 nitrogen and oxygen atoms in total. The van der Waals surface area contributed by atoms with Crippen molar-refractivity contribution in [3.63, 3.8) is 0 Å². The number of ether oxygens (including phenoxy) is 2. The third kappa shape index (κ3) is 4.79. The second-order valence-corrected chi connectivity index (χ2v) is 9.39. The first kappa shape index (κ1) is 23.8. The number of anilines is 1. The highest BCUT2D eigenvalue weighted by atomic mass is 35.5.